The summed E-state index contributed by atoms with van der Waals surface area (Å²) in [5, 5.41) is 2.55. The first-order valence-electron chi connectivity index (χ1n) is 5.26. The maximum absolute atomic E-state index is 13.5. The predicted molar refractivity (Wildman–Crippen MR) is 59.8 cm³/mol. The van der Waals surface area contributed by atoms with Gasteiger partial charge >= 0.3 is 5.97 Å². The third-order valence-electron chi connectivity index (χ3n) is 2.05. The van der Waals surface area contributed by atoms with Crippen LogP contribution in [0.4, 0.5) is 4.39 Å². The SMILES string of the molecule is CCC(=O)Oc1ccc(CNC(C)=O)cc1F. The molecule has 0 atom stereocenters. The number of halogens is 1. The fourth-order valence-corrected chi connectivity index (χ4v) is 1.16. The zero-order valence-corrected chi connectivity index (χ0v) is 9.75. The second-order valence-electron chi connectivity index (χ2n) is 3.50. The molecule has 5 heteroatoms. The summed E-state index contributed by atoms with van der Waals surface area (Å²) in [6.45, 7) is 3.26. The van der Waals surface area contributed by atoms with E-state index in [0.29, 0.717) is 5.56 Å². The molecule has 4 nitrogen and oxygen atoms in total. The van der Waals surface area contributed by atoms with Crippen molar-refractivity contribution in [3.05, 3.63) is 29.6 Å². The molecule has 0 aliphatic rings. The van der Waals surface area contributed by atoms with Crippen molar-refractivity contribution >= 4 is 11.9 Å². The highest BCUT2D eigenvalue weighted by Crippen LogP contribution is 2.18. The highest BCUT2D eigenvalue weighted by Gasteiger charge is 2.08. The van der Waals surface area contributed by atoms with Crippen LogP contribution in [0.15, 0.2) is 18.2 Å². The fraction of sp³-hybridized carbons (Fsp3) is 0.333. The summed E-state index contributed by atoms with van der Waals surface area (Å²) in [5.74, 6) is -1.39. The van der Waals surface area contributed by atoms with Gasteiger partial charge in [0.05, 0.1) is 0 Å². The summed E-state index contributed by atoms with van der Waals surface area (Å²) in [7, 11) is 0. The van der Waals surface area contributed by atoms with Crippen molar-refractivity contribution in [1.82, 2.24) is 5.32 Å². The summed E-state index contributed by atoms with van der Waals surface area (Å²) in [4.78, 5) is 21.7. The van der Waals surface area contributed by atoms with Crippen LogP contribution in [0.5, 0.6) is 5.75 Å². The standard InChI is InChI=1S/C12H14FNO3/c1-3-12(16)17-11-5-4-9(6-10(11)13)7-14-8(2)15/h4-6H,3,7H2,1-2H3,(H,14,15). The maximum atomic E-state index is 13.5. The van der Waals surface area contributed by atoms with Gasteiger partial charge in [0.1, 0.15) is 0 Å². The van der Waals surface area contributed by atoms with Crippen LogP contribution < -0.4 is 10.1 Å². The molecule has 0 aromatic heterocycles. The third kappa shape index (κ3) is 4.22. The minimum absolute atomic E-state index is 0.0941. The number of carbonyl (C=O) groups excluding carboxylic acids is 2. The largest absolute Gasteiger partial charge is 0.423 e. The van der Waals surface area contributed by atoms with E-state index in [2.05, 4.69) is 5.32 Å². The smallest absolute Gasteiger partial charge is 0.310 e. The van der Waals surface area contributed by atoms with Crippen LogP contribution in [0.3, 0.4) is 0 Å². The summed E-state index contributed by atoms with van der Waals surface area (Å²) in [6.07, 6.45) is 0.188. The van der Waals surface area contributed by atoms with Gasteiger partial charge in [0, 0.05) is 19.9 Å². The van der Waals surface area contributed by atoms with Crippen molar-refractivity contribution in [3.63, 3.8) is 0 Å². The van der Waals surface area contributed by atoms with Crippen LogP contribution >= 0.6 is 0 Å². The molecule has 1 N–H and O–H groups in total. The van der Waals surface area contributed by atoms with Crippen LogP contribution in [0.1, 0.15) is 25.8 Å². The van der Waals surface area contributed by atoms with Gasteiger partial charge in [-0.15, -0.1) is 0 Å². The Morgan fingerprint density at radius 1 is 1.41 bits per heavy atom. The zero-order chi connectivity index (χ0) is 12.8. The Hall–Kier alpha value is -1.91. The molecule has 1 aromatic rings. The Morgan fingerprint density at radius 3 is 2.65 bits per heavy atom. The highest BCUT2D eigenvalue weighted by molar-refractivity contribution is 5.73. The molecular weight excluding hydrogens is 225 g/mol. The molecule has 1 rings (SSSR count). The lowest BCUT2D eigenvalue weighted by Crippen LogP contribution is -2.19. The summed E-state index contributed by atoms with van der Waals surface area (Å²) in [6, 6.07) is 4.20. The Morgan fingerprint density at radius 2 is 2.12 bits per heavy atom. The normalized spacial score (nSPS) is 9.82. The third-order valence-corrected chi connectivity index (χ3v) is 2.05. The first kappa shape index (κ1) is 13.2. The van der Waals surface area contributed by atoms with Gasteiger partial charge in [-0.25, -0.2) is 4.39 Å². The monoisotopic (exact) mass is 239 g/mol. The van der Waals surface area contributed by atoms with Crippen LogP contribution in [-0.2, 0) is 16.1 Å². The second-order valence-corrected chi connectivity index (χ2v) is 3.50. The van der Waals surface area contributed by atoms with E-state index >= 15 is 0 Å². The average Bonchev–Trinajstić information content (AvgIpc) is 2.29. The number of esters is 1. The van der Waals surface area contributed by atoms with Gasteiger partial charge in [-0.2, -0.15) is 0 Å². The van der Waals surface area contributed by atoms with E-state index in [4.69, 9.17) is 4.74 Å². The Balaban J connectivity index is 2.72. The van der Waals surface area contributed by atoms with Gasteiger partial charge < -0.3 is 10.1 Å². The van der Waals surface area contributed by atoms with E-state index in [-0.39, 0.29) is 24.6 Å². The van der Waals surface area contributed by atoms with Crippen molar-refractivity contribution in [2.75, 3.05) is 0 Å². The lowest BCUT2D eigenvalue weighted by Gasteiger charge is -2.06. The van der Waals surface area contributed by atoms with Crippen molar-refractivity contribution in [1.29, 1.82) is 0 Å². The van der Waals surface area contributed by atoms with Gasteiger partial charge in [0.2, 0.25) is 5.91 Å². The average molecular weight is 239 g/mol. The lowest BCUT2D eigenvalue weighted by atomic mass is 10.2. The van der Waals surface area contributed by atoms with Crippen molar-refractivity contribution in [3.8, 4) is 5.75 Å². The molecule has 0 aliphatic heterocycles. The minimum atomic E-state index is -0.616. The van der Waals surface area contributed by atoms with Crippen LogP contribution in [-0.4, -0.2) is 11.9 Å². The summed E-state index contributed by atoms with van der Waals surface area (Å²) in [5.41, 5.74) is 0.606. The van der Waals surface area contributed by atoms with E-state index in [9.17, 15) is 14.0 Å². The molecule has 0 unspecified atom stereocenters. The van der Waals surface area contributed by atoms with Gasteiger partial charge in [0.15, 0.2) is 11.6 Å². The van der Waals surface area contributed by atoms with E-state index in [1.807, 2.05) is 0 Å². The number of amides is 1. The molecule has 92 valence electrons. The molecular formula is C12H14FNO3. The van der Waals surface area contributed by atoms with Gasteiger partial charge in [-0.05, 0) is 17.7 Å². The van der Waals surface area contributed by atoms with Crippen molar-refractivity contribution < 1.29 is 18.7 Å². The number of hydrogen-bond donors (Lipinski definition) is 1. The maximum Gasteiger partial charge on any atom is 0.310 e. The number of rotatable bonds is 4. The Bertz CT molecular complexity index is 432. The number of benzene rings is 1. The molecule has 0 aliphatic carbocycles. The molecule has 0 saturated carbocycles. The van der Waals surface area contributed by atoms with Gasteiger partial charge in [0.25, 0.3) is 0 Å². The first-order chi connectivity index (χ1) is 8.02. The molecule has 0 saturated heterocycles. The van der Waals surface area contributed by atoms with E-state index < -0.39 is 11.8 Å². The Labute approximate surface area is 98.8 Å². The van der Waals surface area contributed by atoms with Gasteiger partial charge in [-0.3, -0.25) is 9.59 Å². The second kappa shape index (κ2) is 5.98. The number of carbonyl (C=O) groups is 2. The van der Waals surface area contributed by atoms with Crippen molar-refractivity contribution in [2.45, 2.75) is 26.8 Å². The molecule has 0 bridgehead atoms. The lowest BCUT2D eigenvalue weighted by molar-refractivity contribution is -0.134. The molecule has 0 radical (unpaired) electrons. The molecule has 1 amide bonds. The van der Waals surface area contributed by atoms with E-state index in [1.165, 1.54) is 19.1 Å². The first-order valence-corrected chi connectivity index (χ1v) is 5.26. The highest BCUT2D eigenvalue weighted by atomic mass is 19.1. The quantitative estimate of drug-likeness (QED) is 0.643. The fourth-order valence-electron chi connectivity index (χ4n) is 1.16. The number of nitrogens with one attached hydrogen (secondary N) is 1. The van der Waals surface area contributed by atoms with Crippen LogP contribution in [0.2, 0.25) is 0 Å². The summed E-state index contributed by atoms with van der Waals surface area (Å²) < 4.78 is 18.3. The molecule has 0 spiro atoms. The molecule has 17 heavy (non-hydrogen) atoms. The molecule has 0 fully saturated rings. The number of ether oxygens (including phenoxy) is 1. The van der Waals surface area contributed by atoms with Crippen LogP contribution in [0.25, 0.3) is 0 Å². The van der Waals surface area contributed by atoms with Crippen LogP contribution in [0, 0.1) is 5.82 Å². The molecule has 1 aromatic carbocycles. The predicted octanol–water partition coefficient (Wildman–Crippen LogP) is 1.78. The van der Waals surface area contributed by atoms with E-state index in [0.717, 1.165) is 0 Å². The minimum Gasteiger partial charge on any atom is -0.423 e. The van der Waals surface area contributed by atoms with Crippen molar-refractivity contribution in [2.24, 2.45) is 0 Å². The van der Waals surface area contributed by atoms with Gasteiger partial charge in [-0.1, -0.05) is 13.0 Å². The molecule has 0 heterocycles. The Kier molecular flexibility index (Phi) is 4.63. The number of hydrogen-bond acceptors (Lipinski definition) is 3. The topological polar surface area (TPSA) is 55.4 Å². The zero-order valence-electron chi connectivity index (χ0n) is 9.75. The summed E-state index contributed by atoms with van der Waals surface area (Å²) >= 11 is 0. The van der Waals surface area contributed by atoms with E-state index in [1.54, 1.807) is 13.0 Å².